The molecule has 1 saturated carbocycles. The van der Waals surface area contributed by atoms with Gasteiger partial charge in [-0.25, -0.2) is 13.1 Å². The average Bonchev–Trinajstić information content (AvgIpc) is 3.16. The molecule has 52 heavy (non-hydrogen) atoms. The molecule has 1 fully saturated rings. The van der Waals surface area contributed by atoms with Crippen molar-refractivity contribution in [3.8, 4) is 16.9 Å². The zero-order valence-electron chi connectivity index (χ0n) is 29.7. The van der Waals surface area contributed by atoms with Crippen molar-refractivity contribution in [1.29, 1.82) is 0 Å². The van der Waals surface area contributed by atoms with Crippen LogP contribution in [0.5, 0.6) is 5.75 Å². The Hall–Kier alpha value is -4.18. The maximum atomic E-state index is 13.6. The van der Waals surface area contributed by atoms with Crippen molar-refractivity contribution >= 4 is 33.2 Å². The molecule has 1 amide bonds. The number of halogens is 1. The number of pyridine rings is 1. The predicted molar refractivity (Wildman–Crippen MR) is 206 cm³/mol. The summed E-state index contributed by atoms with van der Waals surface area (Å²) in [6.07, 6.45) is 12.1. The number of carbonyl (C=O) groups is 1. The largest absolute Gasteiger partial charge is 0.487 e. The fraction of sp³-hybridized carbons (Fsp3) is 0.381. The van der Waals surface area contributed by atoms with Crippen LogP contribution < -0.4 is 14.4 Å². The van der Waals surface area contributed by atoms with Gasteiger partial charge in [0.25, 0.3) is 5.91 Å². The summed E-state index contributed by atoms with van der Waals surface area (Å²) in [4.78, 5) is 20.4. The summed E-state index contributed by atoms with van der Waals surface area (Å²) in [5, 5.41) is 12.7. The van der Waals surface area contributed by atoms with Gasteiger partial charge in [-0.05, 0) is 110 Å². The number of sulfonamides is 1. The molecule has 5 atom stereocenters. The normalized spacial score (nSPS) is 27.0. The highest BCUT2D eigenvalue weighted by Gasteiger charge is 2.47. The molecule has 3 heterocycles. The SMILES string of the molecule is C[C@@H]1[C@@H](C)C/C=C/[C@@](O)(c2cncc(-c3ccccc3)c2)[C@@H]2CC[C@H]2CN2CCCCc3cc(Cl)ccc3COc3ccc(cc32)C(=O)NS1(=O)=O. The minimum absolute atomic E-state index is 0.117. The highest BCUT2D eigenvalue weighted by molar-refractivity contribution is 7.90. The van der Waals surface area contributed by atoms with Gasteiger partial charge in [-0.3, -0.25) is 9.78 Å². The van der Waals surface area contributed by atoms with Gasteiger partial charge < -0.3 is 14.7 Å². The first kappa shape index (κ1) is 36.2. The number of aliphatic hydroxyl groups is 1. The van der Waals surface area contributed by atoms with Crippen molar-refractivity contribution < 1.29 is 23.1 Å². The van der Waals surface area contributed by atoms with Crippen LogP contribution in [-0.4, -0.2) is 42.8 Å². The van der Waals surface area contributed by atoms with E-state index in [0.717, 1.165) is 60.0 Å². The number of allylic oxidation sites excluding steroid dienone is 1. The van der Waals surface area contributed by atoms with E-state index in [-0.39, 0.29) is 23.3 Å². The van der Waals surface area contributed by atoms with Gasteiger partial charge in [-0.15, -0.1) is 0 Å². The van der Waals surface area contributed by atoms with Crippen LogP contribution in [0.2, 0.25) is 5.02 Å². The summed E-state index contributed by atoms with van der Waals surface area (Å²) in [5.74, 6) is -0.400. The van der Waals surface area contributed by atoms with Crippen molar-refractivity contribution in [2.75, 3.05) is 18.0 Å². The van der Waals surface area contributed by atoms with Crippen molar-refractivity contribution in [2.24, 2.45) is 17.8 Å². The molecule has 8 nitrogen and oxygen atoms in total. The van der Waals surface area contributed by atoms with E-state index < -0.39 is 26.8 Å². The number of carbonyl (C=O) groups excluding carboxylic acids is 1. The fourth-order valence-electron chi connectivity index (χ4n) is 7.85. The molecule has 2 bridgehead atoms. The molecule has 3 aromatic carbocycles. The number of rotatable bonds is 2. The quantitative estimate of drug-likeness (QED) is 0.200. The van der Waals surface area contributed by atoms with Crippen molar-refractivity contribution in [3.63, 3.8) is 0 Å². The lowest BCUT2D eigenvalue weighted by atomic mass is 9.62. The molecule has 0 saturated heterocycles. The van der Waals surface area contributed by atoms with Crippen LogP contribution in [0.15, 0.2) is 97.3 Å². The summed E-state index contributed by atoms with van der Waals surface area (Å²) in [6.45, 7) is 5.11. The van der Waals surface area contributed by atoms with E-state index in [1.165, 1.54) is 0 Å². The van der Waals surface area contributed by atoms with E-state index in [4.69, 9.17) is 16.3 Å². The first-order valence-electron chi connectivity index (χ1n) is 18.3. The minimum atomic E-state index is -4.02. The number of fused-ring (bicyclic) bond motifs is 3. The first-order valence-corrected chi connectivity index (χ1v) is 20.2. The van der Waals surface area contributed by atoms with Crippen LogP contribution in [0, 0.1) is 17.8 Å². The van der Waals surface area contributed by atoms with E-state index >= 15 is 0 Å². The van der Waals surface area contributed by atoms with Gasteiger partial charge in [0, 0.05) is 53.1 Å². The Morgan fingerprint density at radius 3 is 2.56 bits per heavy atom. The van der Waals surface area contributed by atoms with Crippen molar-refractivity contribution in [1.82, 2.24) is 9.71 Å². The van der Waals surface area contributed by atoms with E-state index in [1.807, 2.05) is 79.9 Å². The average molecular weight is 740 g/mol. The zero-order chi connectivity index (χ0) is 36.5. The Morgan fingerprint density at radius 2 is 1.77 bits per heavy atom. The first-order chi connectivity index (χ1) is 25.0. The molecule has 272 valence electrons. The molecule has 10 heteroatoms. The Kier molecular flexibility index (Phi) is 10.5. The Balaban J connectivity index is 1.31. The lowest BCUT2D eigenvalue weighted by Gasteiger charge is -2.48. The van der Waals surface area contributed by atoms with E-state index in [1.54, 1.807) is 31.3 Å². The summed E-state index contributed by atoms with van der Waals surface area (Å²) in [6, 6.07) is 23.1. The number of nitrogens with one attached hydrogen (secondary N) is 1. The Bertz CT molecular complexity index is 2070. The molecule has 1 aromatic heterocycles. The number of hydrogen-bond donors (Lipinski definition) is 2. The number of aryl methyl sites for hydroxylation is 1. The van der Waals surface area contributed by atoms with Crippen molar-refractivity contribution in [2.45, 2.75) is 69.8 Å². The second kappa shape index (κ2) is 15.0. The predicted octanol–water partition coefficient (Wildman–Crippen LogP) is 8.08. The van der Waals surface area contributed by atoms with Gasteiger partial charge in [0.2, 0.25) is 10.0 Å². The standard InChI is InChI=1S/C42H46ClN3O5S/c1-28-9-8-19-42(48,36-21-35(24-44-25-36)30-10-4-3-5-11-30)38-17-14-33(38)26-46-20-7-6-12-31-22-37(43)16-13-34(31)27-51-40-18-15-32(23-39(40)46)41(47)45-52(49,50)29(28)2/h3-5,8,10-11,13,15-16,18-19,21-25,28-29,33,38,48H,6-7,9,12,14,17,20,26-27H2,1-2H3,(H,45,47)/b19-8+/t28-,29+,33-,38+,42+/m0/s1. The maximum absolute atomic E-state index is 13.6. The molecule has 0 unspecified atom stereocenters. The van der Waals surface area contributed by atoms with Gasteiger partial charge in [-0.2, -0.15) is 0 Å². The molecule has 4 aromatic rings. The second-order valence-corrected chi connectivity index (χ2v) is 17.2. The van der Waals surface area contributed by atoms with Crippen LogP contribution in [-0.2, 0) is 28.7 Å². The summed E-state index contributed by atoms with van der Waals surface area (Å²) < 4.78 is 35.9. The lowest BCUT2D eigenvalue weighted by Crippen LogP contribution is -2.48. The van der Waals surface area contributed by atoms with Crippen LogP contribution >= 0.6 is 11.6 Å². The Labute approximate surface area is 311 Å². The number of benzene rings is 3. The molecule has 2 aliphatic heterocycles. The van der Waals surface area contributed by atoms with Crippen LogP contribution in [0.25, 0.3) is 11.1 Å². The van der Waals surface area contributed by atoms with E-state index in [9.17, 15) is 18.3 Å². The highest BCUT2D eigenvalue weighted by atomic mass is 35.5. The second-order valence-electron chi connectivity index (χ2n) is 14.7. The number of nitrogens with zero attached hydrogens (tertiary/aromatic N) is 2. The smallest absolute Gasteiger partial charge is 0.264 e. The molecule has 0 radical (unpaired) electrons. The summed E-state index contributed by atoms with van der Waals surface area (Å²) in [7, 11) is -4.02. The third kappa shape index (κ3) is 7.49. The molecule has 3 aliphatic rings. The third-order valence-corrected chi connectivity index (χ3v) is 13.5. The van der Waals surface area contributed by atoms with Gasteiger partial charge in [0.1, 0.15) is 18.0 Å². The van der Waals surface area contributed by atoms with E-state index in [0.29, 0.717) is 42.5 Å². The van der Waals surface area contributed by atoms with Gasteiger partial charge in [-0.1, -0.05) is 67.1 Å². The number of aromatic nitrogens is 1. The maximum Gasteiger partial charge on any atom is 0.264 e. The zero-order valence-corrected chi connectivity index (χ0v) is 31.2. The fourth-order valence-corrected chi connectivity index (χ4v) is 9.33. The molecular formula is C42H46ClN3O5S. The van der Waals surface area contributed by atoms with Crippen LogP contribution in [0.1, 0.15) is 73.0 Å². The molecule has 2 N–H and O–H groups in total. The third-order valence-electron chi connectivity index (χ3n) is 11.4. The molecule has 7 rings (SSSR count). The van der Waals surface area contributed by atoms with Crippen LogP contribution in [0.4, 0.5) is 5.69 Å². The monoisotopic (exact) mass is 739 g/mol. The van der Waals surface area contributed by atoms with Crippen molar-refractivity contribution in [3.05, 3.63) is 125 Å². The van der Waals surface area contributed by atoms with E-state index in [2.05, 4.69) is 14.6 Å². The molecular weight excluding hydrogens is 694 g/mol. The molecule has 0 spiro atoms. The number of ether oxygens (including phenoxy) is 1. The lowest BCUT2D eigenvalue weighted by molar-refractivity contribution is -0.0500. The summed E-state index contributed by atoms with van der Waals surface area (Å²) >= 11 is 6.38. The van der Waals surface area contributed by atoms with Gasteiger partial charge in [0.15, 0.2) is 0 Å². The van der Waals surface area contributed by atoms with Gasteiger partial charge in [0.05, 0.1) is 10.9 Å². The van der Waals surface area contributed by atoms with Gasteiger partial charge >= 0.3 is 0 Å². The number of anilines is 1. The minimum Gasteiger partial charge on any atom is -0.487 e. The Morgan fingerprint density at radius 1 is 0.942 bits per heavy atom. The molecule has 1 aliphatic carbocycles. The summed E-state index contributed by atoms with van der Waals surface area (Å²) in [5.41, 5.74) is 4.48. The number of hydrogen-bond acceptors (Lipinski definition) is 7. The number of amides is 1. The highest BCUT2D eigenvalue weighted by Crippen LogP contribution is 2.49. The topological polar surface area (TPSA) is 109 Å². The van der Waals surface area contributed by atoms with Crippen LogP contribution in [0.3, 0.4) is 0 Å².